The largest absolute Gasteiger partial charge is 0.471 e. The minimum atomic E-state index is -5.23. The molecule has 3 aromatic carbocycles. The second-order valence-corrected chi connectivity index (χ2v) is 21.8. The highest BCUT2D eigenvalue weighted by Crippen LogP contribution is 2.63. The fourth-order valence-electron chi connectivity index (χ4n) is 9.64. The summed E-state index contributed by atoms with van der Waals surface area (Å²) < 4.78 is 70.9. The van der Waals surface area contributed by atoms with Gasteiger partial charge in [-0.25, -0.2) is 16.0 Å². The number of hydrogen-bond acceptors (Lipinski definition) is 9. The van der Waals surface area contributed by atoms with Crippen molar-refractivity contribution >= 4 is 95.4 Å². The second kappa shape index (κ2) is 17.9. The van der Waals surface area contributed by atoms with Crippen LogP contribution in [-0.4, -0.2) is 77.3 Å². The van der Waals surface area contributed by atoms with Gasteiger partial charge in [-0.1, -0.05) is 47.0 Å². The van der Waals surface area contributed by atoms with Crippen molar-refractivity contribution in [3.63, 3.8) is 0 Å². The number of allylic oxidation sites excluding steroid dienone is 2. The average Bonchev–Trinajstić information content (AvgIpc) is 3.50. The molecule has 4 aliphatic heterocycles. The monoisotopic (exact) mass is 1010 g/mol. The van der Waals surface area contributed by atoms with E-state index in [0.29, 0.717) is 32.2 Å². The van der Waals surface area contributed by atoms with E-state index in [-0.39, 0.29) is 98.0 Å². The maximum Gasteiger partial charge on any atom is 0.471 e. The molecule has 0 aromatic heterocycles. The number of amides is 2. The van der Waals surface area contributed by atoms with Gasteiger partial charge in [-0.05, 0) is 92.5 Å². The van der Waals surface area contributed by atoms with Crippen molar-refractivity contribution in [3.8, 4) is 11.5 Å². The van der Waals surface area contributed by atoms with Crippen LogP contribution in [0.15, 0.2) is 41.3 Å². The average molecular weight is 1010 g/mol. The molecule has 4 aliphatic rings. The van der Waals surface area contributed by atoms with Crippen LogP contribution in [-0.2, 0) is 29.0 Å². The van der Waals surface area contributed by atoms with E-state index in [2.05, 4.69) is 9.52 Å². The van der Waals surface area contributed by atoms with E-state index < -0.39 is 43.3 Å². The van der Waals surface area contributed by atoms with Crippen molar-refractivity contribution in [2.24, 2.45) is 0 Å². The van der Waals surface area contributed by atoms with E-state index in [9.17, 15) is 27.6 Å². The summed E-state index contributed by atoms with van der Waals surface area (Å²) >= 11 is 22.8. The van der Waals surface area contributed by atoms with Crippen LogP contribution in [0.25, 0.3) is 16.0 Å². The lowest BCUT2D eigenvalue weighted by Crippen LogP contribution is -2.53. The van der Waals surface area contributed by atoms with E-state index in [1.807, 2.05) is 54.5 Å². The van der Waals surface area contributed by atoms with Gasteiger partial charge in [0, 0.05) is 69.6 Å². The van der Waals surface area contributed by atoms with Crippen LogP contribution in [0, 0.1) is 6.57 Å². The van der Waals surface area contributed by atoms with Crippen LogP contribution >= 0.6 is 55.1 Å². The van der Waals surface area contributed by atoms with Crippen molar-refractivity contribution in [1.82, 2.24) is 4.67 Å². The third-order valence-electron chi connectivity index (χ3n) is 11.8. The molecule has 0 saturated heterocycles. The minimum Gasteiger partial charge on any atom is -0.456 e. The fourth-order valence-corrected chi connectivity index (χ4v) is 13.4. The van der Waals surface area contributed by atoms with Gasteiger partial charge in [-0.3, -0.25) is 14.5 Å². The van der Waals surface area contributed by atoms with Crippen LogP contribution in [0.3, 0.4) is 0 Å². The van der Waals surface area contributed by atoms with Gasteiger partial charge in [-0.15, -0.1) is 11.8 Å². The van der Waals surface area contributed by atoms with E-state index in [1.165, 1.54) is 38.6 Å². The Morgan fingerprint density at radius 2 is 1.38 bits per heavy atom. The zero-order valence-electron chi connectivity index (χ0n) is 38.2. The molecule has 4 heterocycles. The number of halogens is 6. The van der Waals surface area contributed by atoms with Crippen molar-refractivity contribution < 1.29 is 46.1 Å². The molecule has 352 valence electrons. The molecule has 11 nitrogen and oxygen atoms in total. The second-order valence-electron chi connectivity index (χ2n) is 18.1. The molecule has 0 saturated carbocycles. The predicted molar refractivity (Wildman–Crippen MR) is 255 cm³/mol. The number of hydrogen-bond donors (Lipinski definition) is 0. The van der Waals surface area contributed by atoms with E-state index in [0.717, 1.165) is 5.57 Å². The Hall–Kier alpha value is -3.84. The zero-order valence-corrected chi connectivity index (χ0v) is 42.2. The third-order valence-corrected chi connectivity index (χ3v) is 16.5. The van der Waals surface area contributed by atoms with Gasteiger partial charge in [0.15, 0.2) is 5.60 Å². The van der Waals surface area contributed by atoms with Gasteiger partial charge in [0.2, 0.25) is 12.5 Å². The number of rotatable bonds is 11. The number of ether oxygens (including phenoxy) is 2. The summed E-state index contributed by atoms with van der Waals surface area (Å²) in [7, 11) is -1.57. The standard InChI is InChI=1S/C47H49Cl3F3N4O7PS/c1-23(2)57(24(3)4)65(61-14-13-54-12)62-15-16-66-41-39(49)37-36(38(48)40(41)50)42(59)64-46(37)30-17-28-25(5)21-44(8,9)55(27(7)58)32(28)19-34(30)63-35-20-33-29(18-31(35)46)26(6)22-45(10,11)56(33)43(60)47(51,52)53/h17-24H,13-16H2,1-11H3. The molecule has 2 atom stereocenters. The molecule has 1 spiro atoms. The maximum atomic E-state index is 14.5. The quantitative estimate of drug-likeness (QED) is 0.0464. The first-order valence-corrected chi connectivity index (χ1v) is 24.4. The Labute approximate surface area is 403 Å². The first-order chi connectivity index (χ1) is 30.7. The molecule has 2 unspecified atom stereocenters. The molecule has 0 fully saturated rings. The molecular weight excluding hydrogens is 959 g/mol. The number of fused-ring (bicyclic) bond motifs is 8. The number of benzene rings is 3. The van der Waals surface area contributed by atoms with Gasteiger partial charge in [0.05, 0.1) is 49.7 Å². The van der Waals surface area contributed by atoms with Gasteiger partial charge >= 0.3 is 18.1 Å². The number of carbonyl (C=O) groups excluding carboxylic acids is 3. The molecule has 3 aromatic rings. The smallest absolute Gasteiger partial charge is 0.456 e. The van der Waals surface area contributed by atoms with Gasteiger partial charge in [0.25, 0.3) is 8.53 Å². The number of thioether (sulfide) groups is 1. The molecular formula is C47H49Cl3F3N4O7PS. The number of anilines is 2. The van der Waals surface area contributed by atoms with E-state index in [1.54, 1.807) is 36.1 Å². The van der Waals surface area contributed by atoms with Crippen molar-refractivity contribution in [2.75, 3.05) is 35.3 Å². The van der Waals surface area contributed by atoms with Crippen molar-refractivity contribution in [1.29, 1.82) is 0 Å². The first-order valence-electron chi connectivity index (χ1n) is 21.1. The summed E-state index contributed by atoms with van der Waals surface area (Å²) in [5, 5.41) is -0.125. The van der Waals surface area contributed by atoms with Crippen molar-refractivity contribution in [3.05, 3.63) is 96.3 Å². The molecule has 2 amide bonds. The summed E-state index contributed by atoms with van der Waals surface area (Å²) in [5.41, 5.74) is -1.09. The summed E-state index contributed by atoms with van der Waals surface area (Å²) in [6.45, 7) is 27.7. The molecule has 0 aliphatic carbocycles. The number of carbonyl (C=O) groups is 3. The topological polar surface area (TPSA) is 102 Å². The Morgan fingerprint density at radius 3 is 1.88 bits per heavy atom. The highest BCUT2D eigenvalue weighted by Gasteiger charge is 2.58. The lowest BCUT2D eigenvalue weighted by molar-refractivity contribution is -0.171. The van der Waals surface area contributed by atoms with Crippen LogP contribution in [0.4, 0.5) is 24.5 Å². The van der Waals surface area contributed by atoms with E-state index >= 15 is 0 Å². The Morgan fingerprint density at radius 1 is 0.864 bits per heavy atom. The van der Waals surface area contributed by atoms with Crippen molar-refractivity contribution in [2.45, 2.75) is 116 Å². The summed E-state index contributed by atoms with van der Waals surface area (Å²) in [5.74, 6) is -2.89. The van der Waals surface area contributed by atoms with Gasteiger partial charge in [0.1, 0.15) is 18.1 Å². The SMILES string of the molecule is [C-]#[N+]CCOP(OCCSc1c(Cl)c(Cl)c2c(c1Cl)C1(OC2=O)c2cc3c(cc2Oc2cc4c(cc21)C(C)=CC(C)(C)N4C(=O)C(F)(F)F)N(C(C)=O)C(C)(C)C=C3C)N(C(C)C)C(C)C. The number of alkyl halides is 3. The third kappa shape index (κ3) is 8.31. The first kappa shape index (κ1) is 50.0. The number of nitrogens with zero attached hydrogens (tertiary/aromatic N) is 4. The summed E-state index contributed by atoms with van der Waals surface area (Å²) in [4.78, 5) is 47.1. The van der Waals surface area contributed by atoms with Gasteiger partial charge in [-0.2, -0.15) is 13.2 Å². The van der Waals surface area contributed by atoms with Gasteiger partial charge < -0.3 is 28.3 Å². The van der Waals surface area contributed by atoms with Crippen LogP contribution in [0.1, 0.15) is 114 Å². The lowest BCUT2D eigenvalue weighted by Gasteiger charge is -2.45. The highest BCUT2D eigenvalue weighted by atomic mass is 35.5. The zero-order chi connectivity index (χ0) is 48.7. The summed E-state index contributed by atoms with van der Waals surface area (Å²) in [6, 6.07) is 6.45. The van der Waals surface area contributed by atoms with Crippen LogP contribution < -0.4 is 14.5 Å². The molecule has 66 heavy (non-hydrogen) atoms. The minimum absolute atomic E-state index is 0.00946. The normalized spacial score (nSPS) is 19.3. The molecule has 19 heteroatoms. The number of esters is 1. The predicted octanol–water partition coefficient (Wildman–Crippen LogP) is 13.2. The maximum absolute atomic E-state index is 14.5. The Kier molecular flexibility index (Phi) is 13.6. The fraction of sp³-hybridized carbons (Fsp3) is 0.447. The Bertz CT molecular complexity index is 2680. The highest BCUT2D eigenvalue weighted by molar-refractivity contribution is 7.99. The molecule has 0 bridgehead atoms. The lowest BCUT2D eigenvalue weighted by atomic mass is 9.74. The van der Waals surface area contributed by atoms with E-state index in [4.69, 9.17) is 59.9 Å². The molecule has 7 rings (SSSR count). The van der Waals surface area contributed by atoms with Crippen LogP contribution in [0.2, 0.25) is 15.1 Å². The molecule has 0 N–H and O–H groups in total. The summed E-state index contributed by atoms with van der Waals surface area (Å²) in [6.07, 6.45) is -1.72. The molecule has 0 radical (unpaired) electrons. The van der Waals surface area contributed by atoms with Crippen LogP contribution in [0.5, 0.6) is 11.5 Å². The Balaban J connectivity index is 1.45.